The maximum absolute atomic E-state index is 10.9. The third-order valence-corrected chi connectivity index (χ3v) is 2.77. The lowest BCUT2D eigenvalue weighted by atomic mass is 10.1. The molecule has 0 atom stereocenters. The maximum Gasteiger partial charge on any atom is 0.338 e. The fourth-order valence-electron chi connectivity index (χ4n) is 1.71. The van der Waals surface area contributed by atoms with Gasteiger partial charge in [-0.3, -0.25) is 10.1 Å². The van der Waals surface area contributed by atoms with Gasteiger partial charge in [-0.25, -0.2) is 14.8 Å². The Labute approximate surface area is 119 Å². The van der Waals surface area contributed by atoms with Crippen LogP contribution in [0.25, 0.3) is 0 Å². The second kappa shape index (κ2) is 5.53. The van der Waals surface area contributed by atoms with Crippen LogP contribution in [0.1, 0.15) is 21.5 Å². The number of nitro groups is 1. The van der Waals surface area contributed by atoms with E-state index in [4.69, 9.17) is 9.84 Å². The summed E-state index contributed by atoms with van der Waals surface area (Å²) in [5.74, 6) is -0.904. The number of rotatable bonds is 4. The van der Waals surface area contributed by atoms with E-state index < -0.39 is 10.9 Å². The van der Waals surface area contributed by atoms with Gasteiger partial charge < -0.3 is 9.84 Å². The Morgan fingerprint density at radius 2 is 1.86 bits per heavy atom. The number of benzene rings is 1. The van der Waals surface area contributed by atoms with E-state index in [1.807, 2.05) is 0 Å². The number of aromatic carboxylic acids is 1. The van der Waals surface area contributed by atoms with Crippen molar-refractivity contribution in [2.75, 3.05) is 0 Å². The molecule has 0 bridgehead atoms. The van der Waals surface area contributed by atoms with Crippen LogP contribution in [0.2, 0.25) is 0 Å². The van der Waals surface area contributed by atoms with E-state index in [1.165, 1.54) is 6.07 Å². The van der Waals surface area contributed by atoms with Gasteiger partial charge >= 0.3 is 12.0 Å². The molecule has 0 radical (unpaired) electrons. The molecule has 1 N–H and O–H groups in total. The van der Waals surface area contributed by atoms with E-state index in [-0.39, 0.29) is 23.0 Å². The Kier molecular flexibility index (Phi) is 3.79. The summed E-state index contributed by atoms with van der Waals surface area (Å²) in [5.41, 5.74) is 1.06. The third-order valence-electron chi connectivity index (χ3n) is 2.77. The normalized spacial score (nSPS) is 10.2. The van der Waals surface area contributed by atoms with Crippen molar-refractivity contribution in [1.82, 2.24) is 9.97 Å². The lowest BCUT2D eigenvalue weighted by molar-refractivity contribution is -0.385. The van der Waals surface area contributed by atoms with Crippen molar-refractivity contribution >= 4 is 11.7 Å². The average molecular weight is 289 g/mol. The largest absolute Gasteiger partial charge is 0.478 e. The van der Waals surface area contributed by atoms with E-state index in [9.17, 15) is 14.9 Å². The average Bonchev–Trinajstić information content (AvgIpc) is 2.42. The van der Waals surface area contributed by atoms with Crippen molar-refractivity contribution in [1.29, 1.82) is 0 Å². The summed E-state index contributed by atoms with van der Waals surface area (Å²) in [6.45, 7) is 3.37. The maximum atomic E-state index is 10.9. The lowest BCUT2D eigenvalue weighted by Gasteiger charge is -2.08. The summed E-state index contributed by atoms with van der Waals surface area (Å²) in [6, 6.07) is 2.83. The highest BCUT2D eigenvalue weighted by molar-refractivity contribution is 5.86. The summed E-state index contributed by atoms with van der Waals surface area (Å²) < 4.78 is 5.37. The molecule has 0 aliphatic rings. The molecule has 21 heavy (non-hydrogen) atoms. The smallest absolute Gasteiger partial charge is 0.338 e. The lowest BCUT2D eigenvalue weighted by Crippen LogP contribution is -2.01. The Bertz CT molecular complexity index is 712. The molecule has 0 aliphatic heterocycles. The van der Waals surface area contributed by atoms with E-state index in [0.717, 1.165) is 12.4 Å². The van der Waals surface area contributed by atoms with Crippen LogP contribution in [0.15, 0.2) is 24.5 Å². The van der Waals surface area contributed by atoms with E-state index in [0.29, 0.717) is 11.1 Å². The fraction of sp³-hybridized carbons (Fsp3) is 0.154. The van der Waals surface area contributed by atoms with Crippen molar-refractivity contribution in [2.45, 2.75) is 13.8 Å². The summed E-state index contributed by atoms with van der Waals surface area (Å²) in [4.78, 5) is 28.6. The number of hydrogen-bond donors (Lipinski definition) is 1. The predicted octanol–water partition coefficient (Wildman–Crippen LogP) is 2.49. The molecule has 2 rings (SSSR count). The van der Waals surface area contributed by atoms with Crippen molar-refractivity contribution in [3.05, 3.63) is 51.3 Å². The molecule has 0 unspecified atom stereocenters. The molecule has 8 heteroatoms. The Balaban J connectivity index is 2.32. The van der Waals surface area contributed by atoms with E-state index in [2.05, 4.69) is 9.97 Å². The molecule has 0 saturated carbocycles. The van der Waals surface area contributed by atoms with Crippen molar-refractivity contribution < 1.29 is 19.6 Å². The molecule has 108 valence electrons. The van der Waals surface area contributed by atoms with Gasteiger partial charge in [-0.05, 0) is 25.5 Å². The first-order valence-electron chi connectivity index (χ1n) is 5.87. The first-order chi connectivity index (χ1) is 9.88. The summed E-state index contributed by atoms with van der Waals surface area (Å²) >= 11 is 0. The van der Waals surface area contributed by atoms with Gasteiger partial charge in [0.25, 0.3) is 5.69 Å². The van der Waals surface area contributed by atoms with Crippen LogP contribution in [0.3, 0.4) is 0 Å². The van der Waals surface area contributed by atoms with Gasteiger partial charge in [-0.15, -0.1) is 0 Å². The summed E-state index contributed by atoms with van der Waals surface area (Å²) in [7, 11) is 0. The Morgan fingerprint density at radius 3 is 2.38 bits per heavy atom. The van der Waals surface area contributed by atoms with Gasteiger partial charge in [-0.2, -0.15) is 0 Å². The zero-order valence-corrected chi connectivity index (χ0v) is 11.2. The minimum atomic E-state index is -1.15. The number of aromatic nitrogens is 2. The minimum Gasteiger partial charge on any atom is -0.478 e. The third kappa shape index (κ3) is 3.11. The number of nitro benzene ring substituents is 1. The number of carboxylic acid groups (broad SMARTS) is 1. The number of nitrogens with zero attached hydrogens (tertiary/aromatic N) is 3. The van der Waals surface area contributed by atoms with Gasteiger partial charge in [0.1, 0.15) is 5.75 Å². The highest BCUT2D eigenvalue weighted by Gasteiger charge is 2.16. The van der Waals surface area contributed by atoms with Gasteiger partial charge in [0, 0.05) is 18.0 Å². The molecule has 1 aromatic carbocycles. The van der Waals surface area contributed by atoms with Gasteiger partial charge in [0.2, 0.25) is 0 Å². The van der Waals surface area contributed by atoms with Crippen LogP contribution in [0, 0.1) is 24.0 Å². The van der Waals surface area contributed by atoms with Gasteiger partial charge in [0.15, 0.2) is 0 Å². The van der Waals surface area contributed by atoms with Crippen LogP contribution < -0.4 is 4.74 Å². The van der Waals surface area contributed by atoms with Gasteiger partial charge in [-0.1, -0.05) is 0 Å². The highest BCUT2D eigenvalue weighted by atomic mass is 16.6. The van der Waals surface area contributed by atoms with E-state index >= 15 is 0 Å². The van der Waals surface area contributed by atoms with E-state index in [1.54, 1.807) is 19.9 Å². The fourth-order valence-corrected chi connectivity index (χ4v) is 1.71. The molecule has 2 aromatic rings. The number of carboxylic acids is 1. The number of carbonyl (C=O) groups is 1. The molecule has 0 spiro atoms. The van der Waals surface area contributed by atoms with Crippen molar-refractivity contribution in [2.24, 2.45) is 0 Å². The quantitative estimate of drug-likeness (QED) is 0.678. The highest BCUT2D eigenvalue weighted by Crippen LogP contribution is 2.30. The van der Waals surface area contributed by atoms with Crippen LogP contribution in [0.4, 0.5) is 5.69 Å². The van der Waals surface area contributed by atoms with Crippen LogP contribution in [-0.2, 0) is 0 Å². The molecule has 0 amide bonds. The summed E-state index contributed by atoms with van der Waals surface area (Å²) in [5, 5.41) is 19.7. The van der Waals surface area contributed by atoms with Crippen LogP contribution in [-0.4, -0.2) is 26.0 Å². The minimum absolute atomic E-state index is 0.0715. The Morgan fingerprint density at radius 1 is 1.24 bits per heavy atom. The molecular formula is C13H11N3O5. The second-order valence-electron chi connectivity index (χ2n) is 4.32. The number of aryl methyl sites for hydroxylation is 2. The molecule has 1 aromatic heterocycles. The SMILES string of the molecule is Cc1cc(C)c([N+](=O)[O-])cc1Oc1ncc(C(=O)O)cn1. The standard InChI is InChI=1S/C13H11N3O5/c1-7-3-8(2)11(4-10(7)16(19)20)21-13-14-5-9(6-15-13)12(17)18/h3-6H,1-2H3,(H,17,18). The van der Waals surface area contributed by atoms with Crippen molar-refractivity contribution in [3.63, 3.8) is 0 Å². The molecule has 0 saturated heterocycles. The number of hydrogen-bond acceptors (Lipinski definition) is 6. The molecule has 8 nitrogen and oxygen atoms in total. The zero-order chi connectivity index (χ0) is 15.6. The molecular weight excluding hydrogens is 278 g/mol. The van der Waals surface area contributed by atoms with Crippen molar-refractivity contribution in [3.8, 4) is 11.8 Å². The topological polar surface area (TPSA) is 115 Å². The first-order valence-corrected chi connectivity index (χ1v) is 5.87. The number of ether oxygens (including phenoxy) is 1. The molecule has 1 heterocycles. The van der Waals surface area contributed by atoms with Crippen LogP contribution >= 0.6 is 0 Å². The molecule has 0 aliphatic carbocycles. The predicted molar refractivity (Wildman–Crippen MR) is 71.6 cm³/mol. The van der Waals surface area contributed by atoms with Gasteiger partial charge in [0.05, 0.1) is 16.6 Å². The zero-order valence-electron chi connectivity index (χ0n) is 11.2. The second-order valence-corrected chi connectivity index (χ2v) is 4.32. The summed E-state index contributed by atoms with van der Waals surface area (Å²) in [6.07, 6.45) is 2.20. The first kappa shape index (κ1) is 14.4. The monoisotopic (exact) mass is 289 g/mol. The van der Waals surface area contributed by atoms with Crippen LogP contribution in [0.5, 0.6) is 11.8 Å². The molecule has 0 fully saturated rings. The Hall–Kier alpha value is -3.03.